The minimum absolute atomic E-state index is 0.00174. The molecule has 1 aromatic carbocycles. The highest BCUT2D eigenvalue weighted by Gasteiger charge is 2.68. The number of carbonyl (C=O) groups excluding carboxylic acids is 2. The molecule has 8 heteroatoms. The van der Waals surface area contributed by atoms with Crippen molar-refractivity contribution in [3.05, 3.63) is 45.4 Å². The van der Waals surface area contributed by atoms with Crippen molar-refractivity contribution in [1.82, 2.24) is 5.32 Å². The highest BCUT2D eigenvalue weighted by molar-refractivity contribution is 7.12. The molecule has 2 aromatic rings. The van der Waals surface area contributed by atoms with Crippen LogP contribution in [-0.2, 0) is 4.79 Å². The molecule has 1 N–H and O–H groups in total. The lowest BCUT2D eigenvalue weighted by molar-refractivity contribution is -0.164. The van der Waals surface area contributed by atoms with Gasteiger partial charge in [-0.15, -0.1) is 11.3 Å². The predicted molar refractivity (Wildman–Crippen MR) is 104 cm³/mol. The van der Waals surface area contributed by atoms with Gasteiger partial charge in [0.15, 0.2) is 12.4 Å². The monoisotopic (exact) mass is 423 g/mol. The van der Waals surface area contributed by atoms with Crippen molar-refractivity contribution in [3.8, 4) is 11.5 Å². The van der Waals surface area contributed by atoms with Crippen LogP contribution in [0.3, 0.4) is 0 Å². The van der Waals surface area contributed by atoms with Crippen LogP contribution in [0.15, 0.2) is 29.6 Å². The van der Waals surface area contributed by atoms with Crippen LogP contribution in [0.1, 0.15) is 35.4 Å². The summed E-state index contributed by atoms with van der Waals surface area (Å²) in [5, 5.41) is 4.82. The zero-order valence-corrected chi connectivity index (χ0v) is 16.8. The van der Waals surface area contributed by atoms with Gasteiger partial charge in [-0.05, 0) is 36.8 Å². The van der Waals surface area contributed by atoms with Gasteiger partial charge in [0.1, 0.15) is 17.3 Å². The minimum atomic E-state index is -0.589. The fraction of sp³-hybridized carbons (Fsp3) is 0.400. The summed E-state index contributed by atoms with van der Waals surface area (Å²) in [7, 11) is 1.58. The Morgan fingerprint density at radius 2 is 2.00 bits per heavy atom. The number of nitrogens with one attached hydrogen (secondary N) is 1. The number of hydrogen-bond acceptors (Lipinski definition) is 5. The van der Waals surface area contributed by atoms with Gasteiger partial charge in [-0.25, -0.2) is 4.39 Å². The molecule has 3 aliphatic rings. The molecular formula is C20H19ClFNO4S. The van der Waals surface area contributed by atoms with Gasteiger partial charge in [-0.3, -0.25) is 9.59 Å². The molecule has 2 bridgehead atoms. The fourth-order valence-electron chi connectivity index (χ4n) is 4.37. The number of ether oxygens (including phenoxy) is 2. The van der Waals surface area contributed by atoms with Crippen molar-refractivity contribution in [3.63, 3.8) is 0 Å². The number of ketones is 1. The summed E-state index contributed by atoms with van der Waals surface area (Å²) in [5.41, 5.74) is -0.221. The molecule has 3 saturated carbocycles. The first-order valence-electron chi connectivity index (χ1n) is 8.87. The molecular weight excluding hydrogens is 405 g/mol. The molecule has 0 saturated heterocycles. The van der Waals surface area contributed by atoms with Gasteiger partial charge in [-0.2, -0.15) is 0 Å². The maximum atomic E-state index is 13.4. The molecule has 28 heavy (non-hydrogen) atoms. The summed E-state index contributed by atoms with van der Waals surface area (Å²) in [6.45, 7) is -0.191. The van der Waals surface area contributed by atoms with Crippen LogP contribution in [0.5, 0.6) is 11.5 Å². The summed E-state index contributed by atoms with van der Waals surface area (Å²) < 4.78 is 23.8. The van der Waals surface area contributed by atoms with E-state index in [9.17, 15) is 14.0 Å². The number of carbonyl (C=O) groups is 2. The molecule has 1 heterocycles. The van der Waals surface area contributed by atoms with Gasteiger partial charge in [0.25, 0.3) is 5.91 Å². The summed E-state index contributed by atoms with van der Waals surface area (Å²) in [4.78, 5) is 25.3. The number of halogens is 2. The standard InChI is InChI=1S/C20H19ClFNO4S/c1-26-13-5-17(28-8-13)16(24)6-19-9-20(10-19,11-19)23-18(25)7-27-12-2-3-14(21)15(22)4-12/h2-5,8H,6-7,9-11H2,1H3,(H,23,25). The summed E-state index contributed by atoms with van der Waals surface area (Å²) in [6, 6.07) is 5.82. The molecule has 0 radical (unpaired) electrons. The number of Topliss-reactive ketones (excluding diaryl/α,β-unsaturated/α-hetero) is 1. The maximum Gasteiger partial charge on any atom is 0.258 e. The number of rotatable bonds is 8. The third kappa shape index (κ3) is 3.61. The van der Waals surface area contributed by atoms with Crippen LogP contribution in [0.25, 0.3) is 0 Å². The first kappa shape index (κ1) is 19.2. The van der Waals surface area contributed by atoms with E-state index < -0.39 is 5.82 Å². The fourth-order valence-corrected chi connectivity index (χ4v) is 5.28. The van der Waals surface area contributed by atoms with Gasteiger partial charge < -0.3 is 14.8 Å². The SMILES string of the molecule is COc1csc(C(=O)CC23CC(NC(=O)COc4ccc(Cl)c(F)c4)(C2)C3)c1. The van der Waals surface area contributed by atoms with Crippen LogP contribution >= 0.6 is 22.9 Å². The third-order valence-electron chi connectivity index (χ3n) is 5.43. The first-order valence-corrected chi connectivity index (χ1v) is 10.1. The molecule has 3 fully saturated rings. The van der Waals surface area contributed by atoms with Crippen molar-refractivity contribution >= 4 is 34.6 Å². The van der Waals surface area contributed by atoms with E-state index in [-0.39, 0.29) is 40.0 Å². The quantitative estimate of drug-likeness (QED) is 0.645. The Labute approximate surface area is 170 Å². The largest absolute Gasteiger partial charge is 0.496 e. The summed E-state index contributed by atoms with van der Waals surface area (Å²) >= 11 is 7.01. The van der Waals surface area contributed by atoms with Crippen LogP contribution in [0.2, 0.25) is 5.02 Å². The topological polar surface area (TPSA) is 64.6 Å². The van der Waals surface area contributed by atoms with Crippen LogP contribution in [0.4, 0.5) is 4.39 Å². The smallest absolute Gasteiger partial charge is 0.258 e. The third-order valence-corrected chi connectivity index (χ3v) is 6.68. The Hall–Kier alpha value is -2.12. The van der Waals surface area contributed by atoms with Crippen LogP contribution in [-0.4, -0.2) is 30.9 Å². The molecule has 5 nitrogen and oxygen atoms in total. The lowest BCUT2D eigenvalue weighted by Gasteiger charge is -2.70. The highest BCUT2D eigenvalue weighted by atomic mass is 35.5. The molecule has 0 atom stereocenters. The number of benzene rings is 1. The molecule has 148 valence electrons. The number of hydrogen-bond donors (Lipinski definition) is 1. The van der Waals surface area contributed by atoms with Crippen molar-refractivity contribution in [2.75, 3.05) is 13.7 Å². The van der Waals surface area contributed by atoms with Gasteiger partial charge in [-0.1, -0.05) is 11.6 Å². The number of amides is 1. The Balaban J connectivity index is 1.23. The van der Waals surface area contributed by atoms with Crippen LogP contribution in [0, 0.1) is 11.2 Å². The molecule has 3 aliphatic carbocycles. The highest BCUT2D eigenvalue weighted by Crippen LogP contribution is 2.69. The van der Waals surface area contributed by atoms with E-state index in [2.05, 4.69) is 5.32 Å². The van der Waals surface area contributed by atoms with E-state index in [4.69, 9.17) is 21.1 Å². The molecule has 1 aromatic heterocycles. The Bertz CT molecular complexity index is 924. The van der Waals surface area contributed by atoms with Crippen molar-refractivity contribution in [1.29, 1.82) is 0 Å². The molecule has 0 unspecified atom stereocenters. The number of thiophene rings is 1. The van der Waals surface area contributed by atoms with E-state index in [0.717, 1.165) is 25.3 Å². The zero-order valence-electron chi connectivity index (χ0n) is 15.2. The van der Waals surface area contributed by atoms with Gasteiger partial charge in [0, 0.05) is 29.5 Å². The Morgan fingerprint density at radius 3 is 2.64 bits per heavy atom. The Morgan fingerprint density at radius 1 is 1.25 bits per heavy atom. The van der Waals surface area contributed by atoms with Gasteiger partial charge in [0.2, 0.25) is 0 Å². The lowest BCUT2D eigenvalue weighted by atomic mass is 9.38. The summed E-state index contributed by atoms with van der Waals surface area (Å²) in [5.74, 6) is 0.242. The van der Waals surface area contributed by atoms with E-state index in [0.29, 0.717) is 17.0 Å². The normalized spacial score (nSPS) is 24.7. The second kappa shape index (κ2) is 7.04. The average molecular weight is 424 g/mol. The van der Waals surface area contributed by atoms with E-state index >= 15 is 0 Å². The van der Waals surface area contributed by atoms with Crippen molar-refractivity contribution in [2.45, 2.75) is 31.2 Å². The average Bonchev–Trinajstić information content (AvgIpc) is 3.09. The van der Waals surface area contributed by atoms with E-state index in [1.165, 1.54) is 23.5 Å². The van der Waals surface area contributed by atoms with Gasteiger partial charge >= 0.3 is 0 Å². The van der Waals surface area contributed by atoms with E-state index in [1.807, 2.05) is 5.38 Å². The Kier molecular flexibility index (Phi) is 4.83. The summed E-state index contributed by atoms with van der Waals surface area (Å²) in [6.07, 6.45) is 2.90. The molecule has 0 spiro atoms. The van der Waals surface area contributed by atoms with E-state index in [1.54, 1.807) is 13.2 Å². The first-order chi connectivity index (χ1) is 13.3. The molecule has 5 rings (SSSR count). The minimum Gasteiger partial charge on any atom is -0.496 e. The predicted octanol–water partition coefficient (Wildman–Crippen LogP) is 4.24. The zero-order chi connectivity index (χ0) is 19.9. The molecule has 1 amide bonds. The lowest BCUT2D eigenvalue weighted by Crippen LogP contribution is -2.75. The molecule has 0 aliphatic heterocycles. The second-order valence-electron chi connectivity index (χ2n) is 7.67. The van der Waals surface area contributed by atoms with Crippen LogP contribution < -0.4 is 14.8 Å². The van der Waals surface area contributed by atoms with Crippen molar-refractivity contribution < 1.29 is 23.5 Å². The maximum absolute atomic E-state index is 13.4. The van der Waals surface area contributed by atoms with Crippen molar-refractivity contribution in [2.24, 2.45) is 5.41 Å². The number of methoxy groups -OCH3 is 1. The van der Waals surface area contributed by atoms with Gasteiger partial charge in [0.05, 0.1) is 17.0 Å². The second-order valence-corrected chi connectivity index (χ2v) is 8.99.